The number of hydrogen-bond acceptors (Lipinski definition) is 4. The van der Waals surface area contributed by atoms with Crippen LogP contribution in [0, 0.1) is 6.92 Å². The summed E-state index contributed by atoms with van der Waals surface area (Å²) in [7, 11) is 0. The largest absolute Gasteiger partial charge is 0.490 e. The summed E-state index contributed by atoms with van der Waals surface area (Å²) in [6.07, 6.45) is 5.54. The molecule has 0 atom stereocenters. The lowest BCUT2D eigenvalue weighted by Gasteiger charge is -2.13. The molecule has 1 heterocycles. The maximum absolute atomic E-state index is 5.64. The standard InChI is InChI=1S/C19H26N4OS/c1-4-21-19(22-10-11-24-17-6-5-9-20-14-17)23-13-16-8-7-15(2)12-18(16)25-3/h5-9,12,14H,4,10-11,13H2,1-3H3,(H2,21,22,23). The molecule has 25 heavy (non-hydrogen) atoms. The minimum Gasteiger partial charge on any atom is -0.490 e. The van der Waals surface area contributed by atoms with Crippen LogP contribution in [0.4, 0.5) is 0 Å². The molecule has 134 valence electrons. The highest BCUT2D eigenvalue weighted by Gasteiger charge is 2.03. The van der Waals surface area contributed by atoms with Gasteiger partial charge in [-0.2, -0.15) is 0 Å². The van der Waals surface area contributed by atoms with Gasteiger partial charge in [0.1, 0.15) is 12.4 Å². The third-order valence-corrected chi connectivity index (χ3v) is 4.31. The number of aromatic nitrogens is 1. The summed E-state index contributed by atoms with van der Waals surface area (Å²) >= 11 is 1.76. The highest BCUT2D eigenvalue weighted by molar-refractivity contribution is 7.98. The van der Waals surface area contributed by atoms with Crippen molar-refractivity contribution in [2.75, 3.05) is 26.0 Å². The Hall–Kier alpha value is -2.21. The number of pyridine rings is 1. The molecule has 2 aromatic rings. The summed E-state index contributed by atoms with van der Waals surface area (Å²) in [4.78, 5) is 9.99. The van der Waals surface area contributed by atoms with E-state index in [1.807, 2.05) is 12.1 Å². The van der Waals surface area contributed by atoms with Gasteiger partial charge in [-0.05, 0) is 49.4 Å². The molecule has 0 aliphatic carbocycles. The zero-order valence-electron chi connectivity index (χ0n) is 15.1. The highest BCUT2D eigenvalue weighted by atomic mass is 32.2. The monoisotopic (exact) mass is 358 g/mol. The van der Waals surface area contributed by atoms with E-state index in [4.69, 9.17) is 4.74 Å². The second kappa shape index (κ2) is 10.6. The van der Waals surface area contributed by atoms with E-state index in [1.165, 1.54) is 16.0 Å². The fourth-order valence-electron chi connectivity index (χ4n) is 2.26. The van der Waals surface area contributed by atoms with Crippen LogP contribution in [-0.4, -0.2) is 36.9 Å². The number of rotatable bonds is 8. The summed E-state index contributed by atoms with van der Waals surface area (Å²) in [6.45, 7) is 6.86. The second-order valence-corrected chi connectivity index (χ2v) is 6.32. The minimum atomic E-state index is 0.552. The fraction of sp³-hybridized carbons (Fsp3) is 0.368. The first-order valence-corrected chi connectivity index (χ1v) is 9.64. The van der Waals surface area contributed by atoms with Gasteiger partial charge in [-0.15, -0.1) is 11.8 Å². The van der Waals surface area contributed by atoms with Crippen LogP contribution in [0.3, 0.4) is 0 Å². The molecule has 0 unspecified atom stereocenters. The lowest BCUT2D eigenvalue weighted by atomic mass is 10.1. The summed E-state index contributed by atoms with van der Waals surface area (Å²) < 4.78 is 5.64. The average Bonchev–Trinajstić information content (AvgIpc) is 2.64. The summed E-state index contributed by atoms with van der Waals surface area (Å²) in [6, 6.07) is 10.2. The van der Waals surface area contributed by atoms with Gasteiger partial charge in [0.25, 0.3) is 0 Å². The van der Waals surface area contributed by atoms with E-state index in [0.717, 1.165) is 18.3 Å². The highest BCUT2D eigenvalue weighted by Crippen LogP contribution is 2.22. The van der Waals surface area contributed by atoms with Crippen LogP contribution in [0.15, 0.2) is 52.6 Å². The van der Waals surface area contributed by atoms with E-state index >= 15 is 0 Å². The zero-order chi connectivity index (χ0) is 17.9. The predicted molar refractivity (Wildman–Crippen MR) is 106 cm³/mol. The molecule has 0 bridgehead atoms. The fourth-order valence-corrected chi connectivity index (χ4v) is 2.96. The van der Waals surface area contributed by atoms with Crippen molar-refractivity contribution in [3.63, 3.8) is 0 Å². The van der Waals surface area contributed by atoms with Crippen molar-refractivity contribution in [2.24, 2.45) is 4.99 Å². The van der Waals surface area contributed by atoms with Crippen LogP contribution < -0.4 is 15.4 Å². The van der Waals surface area contributed by atoms with E-state index in [-0.39, 0.29) is 0 Å². The predicted octanol–water partition coefficient (Wildman–Crippen LogP) is 3.25. The number of aliphatic imine (C=N–C) groups is 1. The Bertz CT molecular complexity index is 676. The quantitative estimate of drug-likeness (QED) is 0.328. The van der Waals surface area contributed by atoms with Crippen molar-refractivity contribution in [1.29, 1.82) is 0 Å². The Morgan fingerprint density at radius 2 is 2.16 bits per heavy atom. The molecule has 0 spiro atoms. The molecule has 2 N–H and O–H groups in total. The molecule has 0 radical (unpaired) electrons. The molecule has 0 aliphatic rings. The number of nitrogens with zero attached hydrogens (tertiary/aromatic N) is 2. The molecule has 1 aromatic carbocycles. The van der Waals surface area contributed by atoms with Crippen LogP contribution in [0.1, 0.15) is 18.1 Å². The first-order chi connectivity index (χ1) is 12.2. The van der Waals surface area contributed by atoms with E-state index in [0.29, 0.717) is 19.7 Å². The van der Waals surface area contributed by atoms with Gasteiger partial charge >= 0.3 is 0 Å². The number of aryl methyl sites for hydroxylation is 1. The first-order valence-electron chi connectivity index (χ1n) is 8.41. The number of ether oxygens (including phenoxy) is 1. The van der Waals surface area contributed by atoms with Gasteiger partial charge in [0, 0.05) is 17.6 Å². The summed E-state index contributed by atoms with van der Waals surface area (Å²) in [5.74, 6) is 1.57. The Kier molecular flexibility index (Phi) is 8.12. The van der Waals surface area contributed by atoms with Gasteiger partial charge in [-0.3, -0.25) is 4.98 Å². The molecule has 0 saturated heterocycles. The normalized spacial score (nSPS) is 11.2. The lowest BCUT2D eigenvalue weighted by molar-refractivity contribution is 0.320. The third-order valence-electron chi connectivity index (χ3n) is 3.49. The molecule has 5 nitrogen and oxygen atoms in total. The maximum atomic E-state index is 5.64. The SMILES string of the molecule is CCNC(=NCc1ccc(C)cc1SC)NCCOc1cccnc1. The smallest absolute Gasteiger partial charge is 0.191 e. The summed E-state index contributed by atoms with van der Waals surface area (Å²) in [5.41, 5.74) is 2.51. The topological polar surface area (TPSA) is 58.5 Å². The van der Waals surface area contributed by atoms with Crippen LogP contribution in [-0.2, 0) is 6.54 Å². The molecule has 0 fully saturated rings. The zero-order valence-corrected chi connectivity index (χ0v) is 15.9. The van der Waals surface area contributed by atoms with Crippen molar-refractivity contribution < 1.29 is 4.74 Å². The Balaban J connectivity index is 1.87. The van der Waals surface area contributed by atoms with Gasteiger partial charge < -0.3 is 15.4 Å². The number of hydrogen-bond donors (Lipinski definition) is 2. The molecule has 0 saturated carbocycles. The first kappa shape index (κ1) is 19.1. The minimum absolute atomic E-state index is 0.552. The van der Waals surface area contributed by atoms with Crippen molar-refractivity contribution >= 4 is 17.7 Å². The van der Waals surface area contributed by atoms with Crippen molar-refractivity contribution in [2.45, 2.75) is 25.3 Å². The Morgan fingerprint density at radius 3 is 2.88 bits per heavy atom. The van der Waals surface area contributed by atoms with Crippen LogP contribution in [0.25, 0.3) is 0 Å². The number of benzene rings is 1. The molecule has 2 rings (SSSR count). The summed E-state index contributed by atoms with van der Waals surface area (Å²) in [5, 5.41) is 6.56. The van der Waals surface area contributed by atoms with Gasteiger partial charge in [0.05, 0.1) is 19.3 Å². The van der Waals surface area contributed by atoms with Gasteiger partial charge in [-0.1, -0.05) is 12.1 Å². The molecule has 6 heteroatoms. The van der Waals surface area contributed by atoms with Crippen LogP contribution in [0.2, 0.25) is 0 Å². The van der Waals surface area contributed by atoms with Crippen LogP contribution >= 0.6 is 11.8 Å². The van der Waals surface area contributed by atoms with Gasteiger partial charge in [-0.25, -0.2) is 4.99 Å². The van der Waals surface area contributed by atoms with E-state index in [2.05, 4.69) is 58.9 Å². The number of guanidine groups is 1. The van der Waals surface area contributed by atoms with Gasteiger partial charge in [0.15, 0.2) is 5.96 Å². The third kappa shape index (κ3) is 6.66. The van der Waals surface area contributed by atoms with Crippen molar-refractivity contribution in [1.82, 2.24) is 15.6 Å². The second-order valence-electron chi connectivity index (χ2n) is 5.47. The molecular weight excluding hydrogens is 332 g/mol. The Labute approximate surface area is 154 Å². The number of thioether (sulfide) groups is 1. The Morgan fingerprint density at radius 1 is 1.28 bits per heavy atom. The van der Waals surface area contributed by atoms with Crippen LogP contribution in [0.5, 0.6) is 5.75 Å². The average molecular weight is 359 g/mol. The van der Waals surface area contributed by atoms with Crippen molar-refractivity contribution in [3.8, 4) is 5.75 Å². The maximum Gasteiger partial charge on any atom is 0.191 e. The number of nitrogens with one attached hydrogen (secondary N) is 2. The molecular formula is C19H26N4OS. The molecule has 0 aliphatic heterocycles. The lowest BCUT2D eigenvalue weighted by Crippen LogP contribution is -2.39. The van der Waals surface area contributed by atoms with E-state index < -0.39 is 0 Å². The molecule has 0 amide bonds. The van der Waals surface area contributed by atoms with Crippen molar-refractivity contribution in [3.05, 3.63) is 53.9 Å². The molecule has 1 aromatic heterocycles. The van der Waals surface area contributed by atoms with E-state index in [1.54, 1.807) is 24.2 Å². The van der Waals surface area contributed by atoms with E-state index in [9.17, 15) is 0 Å². The van der Waals surface area contributed by atoms with Gasteiger partial charge in [0.2, 0.25) is 0 Å².